The summed E-state index contributed by atoms with van der Waals surface area (Å²) in [6.45, 7) is 2.00. The van der Waals surface area contributed by atoms with E-state index in [1.165, 1.54) is 12.8 Å². The molecule has 102 valence electrons. The fourth-order valence-electron chi connectivity index (χ4n) is 3.45. The minimum Gasteiger partial charge on any atom is -0.369 e. The van der Waals surface area contributed by atoms with Crippen molar-refractivity contribution < 1.29 is 4.79 Å². The third kappa shape index (κ3) is 2.26. The lowest BCUT2D eigenvalue weighted by Gasteiger charge is -2.28. The minimum atomic E-state index is 0.551. The third-order valence-electron chi connectivity index (χ3n) is 4.64. The molecule has 3 rings (SSSR count). The number of anilines is 1. The number of halogens is 1. The second-order valence-electron chi connectivity index (χ2n) is 5.58. The fraction of sp³-hybridized carbons (Fsp3) is 0.533. The molecule has 0 N–H and O–H groups in total. The molecule has 0 aromatic heterocycles. The quantitative estimate of drug-likeness (QED) is 0.777. The van der Waals surface area contributed by atoms with Gasteiger partial charge in [-0.15, -0.1) is 0 Å². The van der Waals surface area contributed by atoms with Crippen LogP contribution in [0.15, 0.2) is 18.2 Å². The van der Waals surface area contributed by atoms with E-state index in [0.717, 1.165) is 31.5 Å². The van der Waals surface area contributed by atoms with Gasteiger partial charge in [-0.25, -0.2) is 0 Å². The van der Waals surface area contributed by atoms with Gasteiger partial charge in [0.25, 0.3) is 0 Å². The summed E-state index contributed by atoms with van der Waals surface area (Å²) in [7, 11) is 2.23. The van der Waals surface area contributed by atoms with Gasteiger partial charge in [0.2, 0.25) is 0 Å². The van der Waals surface area contributed by atoms with Gasteiger partial charge in [0.1, 0.15) is 0 Å². The summed E-state index contributed by atoms with van der Waals surface area (Å²) in [5, 5.41) is 0.551. The van der Waals surface area contributed by atoms with E-state index < -0.39 is 0 Å². The number of rotatable bonds is 2. The van der Waals surface area contributed by atoms with Crippen LogP contribution >= 0.6 is 11.6 Å². The van der Waals surface area contributed by atoms with Crippen molar-refractivity contribution in [3.8, 4) is 0 Å². The Bertz CT molecular complexity index is 491. The zero-order valence-corrected chi connectivity index (χ0v) is 11.9. The first-order valence-electron chi connectivity index (χ1n) is 6.91. The minimum absolute atomic E-state index is 0.551. The Morgan fingerprint density at radius 2 is 2.05 bits per heavy atom. The highest BCUT2D eigenvalue weighted by molar-refractivity contribution is 6.33. The van der Waals surface area contributed by atoms with Crippen LogP contribution in [-0.4, -0.2) is 43.4 Å². The van der Waals surface area contributed by atoms with Crippen molar-refractivity contribution in [3.63, 3.8) is 0 Å². The molecule has 0 radical (unpaired) electrons. The first-order chi connectivity index (χ1) is 9.20. The smallest absolute Gasteiger partial charge is 0.153 e. The van der Waals surface area contributed by atoms with Crippen molar-refractivity contribution in [2.45, 2.75) is 31.3 Å². The van der Waals surface area contributed by atoms with Crippen molar-refractivity contribution in [3.05, 3.63) is 28.8 Å². The van der Waals surface area contributed by atoms with Crippen LogP contribution in [0.4, 0.5) is 5.69 Å². The van der Waals surface area contributed by atoms with E-state index in [1.54, 1.807) is 6.07 Å². The average Bonchev–Trinajstić information content (AvgIpc) is 2.63. The number of fused-ring (bicyclic) bond motifs is 2. The van der Waals surface area contributed by atoms with E-state index in [1.807, 2.05) is 12.1 Å². The van der Waals surface area contributed by atoms with Gasteiger partial charge in [0.15, 0.2) is 6.29 Å². The van der Waals surface area contributed by atoms with Crippen LogP contribution < -0.4 is 4.90 Å². The number of carbonyl (C=O) groups is 1. The molecule has 4 heteroatoms. The molecule has 2 aliphatic rings. The van der Waals surface area contributed by atoms with Gasteiger partial charge >= 0.3 is 0 Å². The van der Waals surface area contributed by atoms with Gasteiger partial charge in [-0.05, 0) is 38.4 Å². The molecule has 2 bridgehead atoms. The largest absolute Gasteiger partial charge is 0.369 e. The lowest BCUT2D eigenvalue weighted by molar-refractivity contribution is 0.112. The van der Waals surface area contributed by atoms with Crippen molar-refractivity contribution >= 4 is 23.6 Å². The summed E-state index contributed by atoms with van der Waals surface area (Å²) in [5.74, 6) is 0. The Morgan fingerprint density at radius 1 is 1.26 bits per heavy atom. The summed E-state index contributed by atoms with van der Waals surface area (Å²) in [4.78, 5) is 16.1. The molecule has 0 saturated carbocycles. The Balaban J connectivity index is 1.91. The highest BCUT2D eigenvalue weighted by Crippen LogP contribution is 2.33. The zero-order valence-electron chi connectivity index (χ0n) is 11.2. The molecule has 2 fully saturated rings. The molecule has 2 unspecified atom stereocenters. The highest BCUT2D eigenvalue weighted by atomic mass is 35.5. The molecule has 2 atom stereocenters. The molecule has 0 spiro atoms. The van der Waals surface area contributed by atoms with E-state index in [0.29, 0.717) is 22.7 Å². The van der Waals surface area contributed by atoms with Crippen LogP contribution in [0.1, 0.15) is 29.6 Å². The van der Waals surface area contributed by atoms with Gasteiger partial charge in [0.05, 0.1) is 10.6 Å². The molecule has 1 aromatic rings. The third-order valence-corrected chi connectivity index (χ3v) is 4.97. The molecule has 0 amide bonds. The SMILES string of the molecule is CN1C2CCC1CN(c1cccc(Cl)c1C=O)CC2. The van der Waals surface area contributed by atoms with Crippen LogP contribution in [0.3, 0.4) is 0 Å². The number of aldehydes is 1. The number of carbonyl (C=O) groups excluding carboxylic acids is 1. The second kappa shape index (κ2) is 5.14. The van der Waals surface area contributed by atoms with Crippen molar-refractivity contribution in [2.75, 3.05) is 25.0 Å². The van der Waals surface area contributed by atoms with E-state index in [9.17, 15) is 4.79 Å². The molecular formula is C15H19ClN2O. The molecule has 2 heterocycles. The van der Waals surface area contributed by atoms with E-state index >= 15 is 0 Å². The normalized spacial score (nSPS) is 27.4. The lowest BCUT2D eigenvalue weighted by Crippen LogP contribution is -2.37. The molecule has 0 aliphatic carbocycles. The van der Waals surface area contributed by atoms with Crippen molar-refractivity contribution in [1.29, 1.82) is 0 Å². The number of likely N-dealkylation sites (N-methyl/N-ethyl adjacent to an activating group) is 1. The number of hydrogen-bond donors (Lipinski definition) is 0. The van der Waals surface area contributed by atoms with Gasteiger partial charge in [-0.2, -0.15) is 0 Å². The fourth-order valence-corrected chi connectivity index (χ4v) is 3.66. The monoisotopic (exact) mass is 278 g/mol. The molecule has 1 aromatic carbocycles. The standard InChI is InChI=1S/C15H19ClN2O/c1-17-11-5-6-12(17)9-18(8-7-11)15-4-2-3-14(16)13(15)10-19/h2-4,10-12H,5-9H2,1H3. The predicted molar refractivity (Wildman–Crippen MR) is 78.2 cm³/mol. The summed E-state index contributed by atoms with van der Waals surface area (Å²) >= 11 is 6.13. The molecule has 2 saturated heterocycles. The van der Waals surface area contributed by atoms with E-state index in [4.69, 9.17) is 11.6 Å². The molecule has 3 nitrogen and oxygen atoms in total. The molecule has 19 heavy (non-hydrogen) atoms. The molecular weight excluding hydrogens is 260 g/mol. The first kappa shape index (κ1) is 12.9. The van der Waals surface area contributed by atoms with E-state index in [2.05, 4.69) is 16.8 Å². The van der Waals surface area contributed by atoms with Crippen LogP contribution in [0, 0.1) is 0 Å². The zero-order chi connectivity index (χ0) is 13.4. The van der Waals surface area contributed by atoms with Gasteiger partial charge < -0.3 is 4.90 Å². The van der Waals surface area contributed by atoms with Crippen LogP contribution in [0.2, 0.25) is 5.02 Å². The summed E-state index contributed by atoms with van der Waals surface area (Å²) in [6.07, 6.45) is 4.61. The Morgan fingerprint density at radius 3 is 2.84 bits per heavy atom. The summed E-state index contributed by atoms with van der Waals surface area (Å²) in [5.41, 5.74) is 1.62. The van der Waals surface area contributed by atoms with Crippen molar-refractivity contribution in [1.82, 2.24) is 4.90 Å². The first-order valence-corrected chi connectivity index (χ1v) is 7.29. The Kier molecular flexibility index (Phi) is 3.50. The van der Waals surface area contributed by atoms with Gasteiger partial charge in [0, 0.05) is 30.9 Å². The maximum Gasteiger partial charge on any atom is 0.153 e. The van der Waals surface area contributed by atoms with Crippen molar-refractivity contribution in [2.24, 2.45) is 0 Å². The maximum absolute atomic E-state index is 11.3. The number of benzene rings is 1. The highest BCUT2D eigenvalue weighted by Gasteiger charge is 2.35. The van der Waals surface area contributed by atoms with E-state index in [-0.39, 0.29) is 0 Å². The average molecular weight is 279 g/mol. The Hall–Kier alpha value is -1.06. The lowest BCUT2D eigenvalue weighted by atomic mass is 10.1. The second-order valence-corrected chi connectivity index (χ2v) is 5.98. The predicted octanol–water partition coefficient (Wildman–Crippen LogP) is 2.83. The van der Waals surface area contributed by atoms with Crippen LogP contribution in [-0.2, 0) is 0 Å². The van der Waals surface area contributed by atoms with Crippen LogP contribution in [0.5, 0.6) is 0 Å². The summed E-state index contributed by atoms with van der Waals surface area (Å²) in [6, 6.07) is 7.02. The van der Waals surface area contributed by atoms with Gasteiger partial charge in [-0.3, -0.25) is 9.69 Å². The number of hydrogen-bond acceptors (Lipinski definition) is 3. The van der Waals surface area contributed by atoms with Gasteiger partial charge in [-0.1, -0.05) is 17.7 Å². The number of nitrogens with zero attached hydrogens (tertiary/aromatic N) is 2. The Labute approximate surface area is 119 Å². The van der Waals surface area contributed by atoms with Crippen LogP contribution in [0.25, 0.3) is 0 Å². The molecule has 2 aliphatic heterocycles. The maximum atomic E-state index is 11.3. The topological polar surface area (TPSA) is 23.6 Å². The summed E-state index contributed by atoms with van der Waals surface area (Å²) < 4.78 is 0.